The summed E-state index contributed by atoms with van der Waals surface area (Å²) in [7, 11) is 0. The molecule has 2 heterocycles. The summed E-state index contributed by atoms with van der Waals surface area (Å²) in [6.07, 6.45) is 0. The predicted octanol–water partition coefficient (Wildman–Crippen LogP) is 0.463. The van der Waals surface area contributed by atoms with Gasteiger partial charge in [0.1, 0.15) is 6.54 Å². The molecule has 1 aromatic carbocycles. The molecule has 2 aliphatic rings. The number of carbonyl (C=O) groups is 2. The van der Waals surface area contributed by atoms with Crippen LogP contribution in [0.4, 0.5) is 0 Å². The summed E-state index contributed by atoms with van der Waals surface area (Å²) >= 11 is 0. The Hall–Kier alpha value is -1.88. The Morgan fingerprint density at radius 1 is 1.40 bits per heavy atom. The van der Waals surface area contributed by atoms with E-state index in [9.17, 15) is 9.59 Å². The minimum atomic E-state index is -0.0308. The highest BCUT2D eigenvalue weighted by Crippen LogP contribution is 2.22. The monoisotopic (exact) mass is 273 g/mol. The van der Waals surface area contributed by atoms with Crippen LogP contribution >= 0.6 is 0 Å². The fourth-order valence-electron chi connectivity index (χ4n) is 2.91. The molecule has 1 N–H and O–H groups in total. The van der Waals surface area contributed by atoms with Crippen LogP contribution in [0.5, 0.6) is 0 Å². The summed E-state index contributed by atoms with van der Waals surface area (Å²) in [5, 5.41) is 3.26. The second kappa shape index (κ2) is 5.25. The number of piperazine rings is 1. The summed E-state index contributed by atoms with van der Waals surface area (Å²) in [4.78, 5) is 28.1. The highest BCUT2D eigenvalue weighted by Gasteiger charge is 2.31. The maximum atomic E-state index is 12.4. The average Bonchev–Trinajstić information content (AvgIpc) is 2.76. The lowest BCUT2D eigenvalue weighted by Crippen LogP contribution is -2.54. The van der Waals surface area contributed by atoms with Crippen molar-refractivity contribution in [3.05, 3.63) is 35.4 Å². The second-order valence-corrected chi connectivity index (χ2v) is 5.46. The zero-order valence-corrected chi connectivity index (χ0v) is 11.6. The SMILES string of the molecule is C[C@@H]1CNCCN1C(=O)CN1Cc2ccccc2C1=O. The number of hydrogen-bond acceptors (Lipinski definition) is 3. The van der Waals surface area contributed by atoms with Crippen molar-refractivity contribution in [2.75, 3.05) is 26.2 Å². The van der Waals surface area contributed by atoms with Crippen molar-refractivity contribution >= 4 is 11.8 Å². The number of amides is 2. The van der Waals surface area contributed by atoms with Crippen LogP contribution in [0.15, 0.2) is 24.3 Å². The molecule has 0 bridgehead atoms. The Morgan fingerprint density at radius 2 is 2.20 bits per heavy atom. The lowest BCUT2D eigenvalue weighted by molar-refractivity contribution is -0.134. The molecular weight excluding hydrogens is 254 g/mol. The van der Waals surface area contributed by atoms with Crippen LogP contribution in [0.1, 0.15) is 22.8 Å². The molecule has 1 saturated heterocycles. The van der Waals surface area contributed by atoms with Crippen molar-refractivity contribution < 1.29 is 9.59 Å². The van der Waals surface area contributed by atoms with Gasteiger partial charge in [0.25, 0.3) is 5.91 Å². The molecular formula is C15H19N3O2. The van der Waals surface area contributed by atoms with Crippen LogP contribution in [-0.2, 0) is 11.3 Å². The molecule has 0 spiro atoms. The number of nitrogens with zero attached hydrogens (tertiary/aromatic N) is 2. The van der Waals surface area contributed by atoms with Gasteiger partial charge in [0.05, 0.1) is 0 Å². The molecule has 0 aromatic heterocycles. The number of benzene rings is 1. The number of hydrogen-bond donors (Lipinski definition) is 1. The van der Waals surface area contributed by atoms with Gasteiger partial charge in [-0.2, -0.15) is 0 Å². The molecule has 0 unspecified atom stereocenters. The minimum Gasteiger partial charge on any atom is -0.336 e. The van der Waals surface area contributed by atoms with Crippen LogP contribution in [0.3, 0.4) is 0 Å². The van der Waals surface area contributed by atoms with E-state index in [2.05, 4.69) is 5.32 Å². The van der Waals surface area contributed by atoms with Crippen molar-refractivity contribution in [1.29, 1.82) is 0 Å². The van der Waals surface area contributed by atoms with Crippen molar-refractivity contribution in [3.63, 3.8) is 0 Å². The first-order valence-corrected chi connectivity index (χ1v) is 7.04. The largest absolute Gasteiger partial charge is 0.336 e. The number of carbonyl (C=O) groups excluding carboxylic acids is 2. The third kappa shape index (κ3) is 2.29. The predicted molar refractivity (Wildman–Crippen MR) is 75.2 cm³/mol. The first-order chi connectivity index (χ1) is 9.66. The Labute approximate surface area is 118 Å². The molecule has 0 saturated carbocycles. The van der Waals surface area contributed by atoms with Crippen molar-refractivity contribution in [3.8, 4) is 0 Å². The maximum Gasteiger partial charge on any atom is 0.254 e. The normalized spacial score (nSPS) is 22.1. The zero-order chi connectivity index (χ0) is 14.1. The first kappa shape index (κ1) is 13.1. The number of fused-ring (bicyclic) bond motifs is 1. The summed E-state index contributed by atoms with van der Waals surface area (Å²) in [5.41, 5.74) is 1.74. The molecule has 1 fully saturated rings. The summed E-state index contributed by atoms with van der Waals surface area (Å²) in [6.45, 7) is 5.11. The Bertz CT molecular complexity index is 544. The van der Waals surface area contributed by atoms with E-state index in [4.69, 9.17) is 0 Å². The quantitative estimate of drug-likeness (QED) is 0.852. The van der Waals surface area contributed by atoms with E-state index in [1.54, 1.807) is 4.90 Å². The molecule has 1 aromatic rings. The number of rotatable bonds is 2. The van der Waals surface area contributed by atoms with E-state index in [1.807, 2.05) is 36.1 Å². The van der Waals surface area contributed by atoms with Gasteiger partial charge in [0, 0.05) is 37.8 Å². The smallest absolute Gasteiger partial charge is 0.254 e. The molecule has 2 amide bonds. The fraction of sp³-hybridized carbons (Fsp3) is 0.467. The standard InChI is InChI=1S/C15H19N3O2/c1-11-8-16-6-7-18(11)14(19)10-17-9-12-4-2-3-5-13(12)15(17)20/h2-5,11,16H,6-10H2,1H3/t11-/m1/s1. The Morgan fingerprint density at radius 3 is 2.95 bits per heavy atom. The minimum absolute atomic E-state index is 0.0308. The average molecular weight is 273 g/mol. The van der Waals surface area contributed by atoms with Gasteiger partial charge in [0.2, 0.25) is 5.91 Å². The highest BCUT2D eigenvalue weighted by molar-refractivity contribution is 6.00. The van der Waals surface area contributed by atoms with E-state index >= 15 is 0 Å². The second-order valence-electron chi connectivity index (χ2n) is 5.46. The van der Waals surface area contributed by atoms with Crippen molar-refractivity contribution in [1.82, 2.24) is 15.1 Å². The van der Waals surface area contributed by atoms with Gasteiger partial charge >= 0.3 is 0 Å². The lowest BCUT2D eigenvalue weighted by Gasteiger charge is -2.35. The van der Waals surface area contributed by atoms with Crippen LogP contribution in [0.25, 0.3) is 0 Å². The van der Waals surface area contributed by atoms with Gasteiger partial charge in [-0.15, -0.1) is 0 Å². The Balaban J connectivity index is 1.68. The fourth-order valence-corrected chi connectivity index (χ4v) is 2.91. The third-order valence-corrected chi connectivity index (χ3v) is 4.04. The van der Waals surface area contributed by atoms with Gasteiger partial charge in [-0.1, -0.05) is 18.2 Å². The molecule has 0 radical (unpaired) electrons. The molecule has 20 heavy (non-hydrogen) atoms. The van der Waals surface area contributed by atoms with E-state index in [-0.39, 0.29) is 24.4 Å². The summed E-state index contributed by atoms with van der Waals surface area (Å²) in [6, 6.07) is 7.76. The molecule has 2 aliphatic heterocycles. The van der Waals surface area contributed by atoms with Gasteiger partial charge in [-0.3, -0.25) is 9.59 Å². The van der Waals surface area contributed by atoms with Gasteiger partial charge in [-0.25, -0.2) is 0 Å². The van der Waals surface area contributed by atoms with Gasteiger partial charge in [0.15, 0.2) is 0 Å². The molecule has 1 atom stereocenters. The molecule has 5 heteroatoms. The van der Waals surface area contributed by atoms with Gasteiger partial charge < -0.3 is 15.1 Å². The first-order valence-electron chi connectivity index (χ1n) is 7.04. The van der Waals surface area contributed by atoms with Crippen LogP contribution < -0.4 is 5.32 Å². The molecule has 5 nitrogen and oxygen atoms in total. The maximum absolute atomic E-state index is 12.4. The summed E-state index contributed by atoms with van der Waals surface area (Å²) < 4.78 is 0. The third-order valence-electron chi connectivity index (χ3n) is 4.04. The van der Waals surface area contributed by atoms with E-state index < -0.39 is 0 Å². The Kier molecular flexibility index (Phi) is 3.44. The van der Waals surface area contributed by atoms with Crippen molar-refractivity contribution in [2.45, 2.75) is 19.5 Å². The van der Waals surface area contributed by atoms with Crippen molar-refractivity contribution in [2.24, 2.45) is 0 Å². The number of nitrogens with one attached hydrogen (secondary N) is 1. The molecule has 0 aliphatic carbocycles. The molecule has 106 valence electrons. The summed E-state index contributed by atoms with van der Waals surface area (Å²) in [5.74, 6) is 0.0110. The van der Waals surface area contributed by atoms with E-state index in [1.165, 1.54) is 0 Å². The van der Waals surface area contributed by atoms with Crippen LogP contribution in [-0.4, -0.2) is 53.8 Å². The van der Waals surface area contributed by atoms with E-state index in [0.717, 1.165) is 30.8 Å². The molecule has 3 rings (SSSR count). The van der Waals surface area contributed by atoms with E-state index in [0.29, 0.717) is 6.54 Å². The van der Waals surface area contributed by atoms with Crippen LogP contribution in [0.2, 0.25) is 0 Å². The topological polar surface area (TPSA) is 52.7 Å². The highest BCUT2D eigenvalue weighted by atomic mass is 16.2. The van der Waals surface area contributed by atoms with Gasteiger partial charge in [-0.05, 0) is 18.6 Å². The lowest BCUT2D eigenvalue weighted by atomic mass is 10.1. The van der Waals surface area contributed by atoms with Crippen LogP contribution in [0, 0.1) is 0 Å². The zero-order valence-electron chi connectivity index (χ0n) is 11.6.